The molecule has 2 N–H and O–H groups in total. The minimum Gasteiger partial charge on any atom is -0.344 e. The molecule has 1 aliphatic heterocycles. The molecule has 5 nitrogen and oxygen atoms in total. The highest BCUT2D eigenvalue weighted by molar-refractivity contribution is 5.79. The van der Waals surface area contributed by atoms with Crippen LogP contribution in [0.4, 0.5) is 0 Å². The highest BCUT2D eigenvalue weighted by Crippen LogP contribution is 2.25. The molecule has 0 aromatic rings. The summed E-state index contributed by atoms with van der Waals surface area (Å²) in [7, 11) is 1.83. The summed E-state index contributed by atoms with van der Waals surface area (Å²) < 4.78 is 0. The Kier molecular flexibility index (Phi) is 4.22. The van der Waals surface area contributed by atoms with E-state index in [9.17, 15) is 9.59 Å². The minimum absolute atomic E-state index is 0.0966. The second-order valence-electron chi connectivity index (χ2n) is 5.51. The van der Waals surface area contributed by atoms with Crippen LogP contribution in [0.1, 0.15) is 32.1 Å². The van der Waals surface area contributed by atoms with Crippen LogP contribution in [-0.4, -0.2) is 54.3 Å². The summed E-state index contributed by atoms with van der Waals surface area (Å²) in [6, 6.07) is 0.188. The quantitative estimate of drug-likeness (QED) is 0.778. The molecule has 1 saturated heterocycles. The predicted molar refractivity (Wildman–Crippen MR) is 68.8 cm³/mol. The fourth-order valence-corrected chi connectivity index (χ4v) is 2.87. The maximum absolute atomic E-state index is 12.1. The van der Waals surface area contributed by atoms with Gasteiger partial charge in [-0.25, -0.2) is 0 Å². The maximum atomic E-state index is 12.1. The van der Waals surface area contributed by atoms with Gasteiger partial charge in [0.2, 0.25) is 11.8 Å². The van der Waals surface area contributed by atoms with E-state index in [0.717, 1.165) is 32.2 Å². The monoisotopic (exact) mass is 253 g/mol. The van der Waals surface area contributed by atoms with Crippen molar-refractivity contribution in [3.63, 3.8) is 0 Å². The van der Waals surface area contributed by atoms with Crippen molar-refractivity contribution < 1.29 is 9.59 Å². The van der Waals surface area contributed by atoms with Gasteiger partial charge in [-0.15, -0.1) is 0 Å². The van der Waals surface area contributed by atoms with Crippen molar-refractivity contribution in [2.24, 2.45) is 11.7 Å². The number of rotatable bonds is 4. The SMILES string of the molecule is CN(CCN1CCCC1=O)C(=O)[C@H]1CC[C@H](N)C1. The van der Waals surface area contributed by atoms with Crippen LogP contribution in [-0.2, 0) is 9.59 Å². The zero-order valence-corrected chi connectivity index (χ0v) is 11.1. The van der Waals surface area contributed by atoms with Crippen molar-refractivity contribution in [1.82, 2.24) is 9.80 Å². The molecule has 2 aliphatic rings. The van der Waals surface area contributed by atoms with Crippen LogP contribution >= 0.6 is 0 Å². The molecule has 18 heavy (non-hydrogen) atoms. The zero-order chi connectivity index (χ0) is 13.1. The number of hydrogen-bond acceptors (Lipinski definition) is 3. The molecule has 1 aliphatic carbocycles. The maximum Gasteiger partial charge on any atom is 0.225 e. The molecule has 0 spiro atoms. The van der Waals surface area contributed by atoms with E-state index in [1.807, 2.05) is 11.9 Å². The van der Waals surface area contributed by atoms with E-state index in [0.29, 0.717) is 19.5 Å². The van der Waals surface area contributed by atoms with Gasteiger partial charge in [0.25, 0.3) is 0 Å². The number of hydrogen-bond donors (Lipinski definition) is 1. The molecule has 0 bridgehead atoms. The molecule has 0 aromatic heterocycles. The van der Waals surface area contributed by atoms with Crippen LogP contribution in [0.5, 0.6) is 0 Å². The first-order valence-electron chi connectivity index (χ1n) is 6.86. The van der Waals surface area contributed by atoms with Gasteiger partial charge in [-0.1, -0.05) is 0 Å². The second kappa shape index (κ2) is 5.69. The van der Waals surface area contributed by atoms with Gasteiger partial charge in [-0.2, -0.15) is 0 Å². The number of likely N-dealkylation sites (N-methyl/N-ethyl adjacent to an activating group) is 1. The van der Waals surface area contributed by atoms with Crippen LogP contribution in [0.3, 0.4) is 0 Å². The third kappa shape index (κ3) is 3.02. The number of carbonyl (C=O) groups is 2. The van der Waals surface area contributed by atoms with Gasteiger partial charge in [0.05, 0.1) is 0 Å². The molecular weight excluding hydrogens is 230 g/mol. The van der Waals surface area contributed by atoms with Gasteiger partial charge in [0.15, 0.2) is 0 Å². The van der Waals surface area contributed by atoms with Gasteiger partial charge >= 0.3 is 0 Å². The van der Waals surface area contributed by atoms with E-state index in [1.165, 1.54) is 0 Å². The number of carbonyl (C=O) groups excluding carboxylic acids is 2. The van der Waals surface area contributed by atoms with Gasteiger partial charge in [0, 0.05) is 45.1 Å². The highest BCUT2D eigenvalue weighted by atomic mass is 16.2. The molecule has 5 heteroatoms. The van der Waals surface area contributed by atoms with Crippen LogP contribution < -0.4 is 5.73 Å². The molecular formula is C13H23N3O2. The molecule has 2 rings (SSSR count). The Bertz CT molecular complexity index is 332. The van der Waals surface area contributed by atoms with Gasteiger partial charge in [-0.05, 0) is 25.7 Å². The number of nitrogens with two attached hydrogens (primary N) is 1. The van der Waals surface area contributed by atoms with Crippen molar-refractivity contribution in [3.05, 3.63) is 0 Å². The lowest BCUT2D eigenvalue weighted by atomic mass is 10.1. The first-order chi connectivity index (χ1) is 8.58. The van der Waals surface area contributed by atoms with Crippen LogP contribution in [0.15, 0.2) is 0 Å². The first kappa shape index (κ1) is 13.3. The third-order valence-electron chi connectivity index (χ3n) is 4.08. The summed E-state index contributed by atoms with van der Waals surface area (Å²) in [5.41, 5.74) is 5.83. The van der Waals surface area contributed by atoms with Gasteiger partial charge < -0.3 is 15.5 Å². The summed E-state index contributed by atoms with van der Waals surface area (Å²) in [4.78, 5) is 27.2. The Morgan fingerprint density at radius 1 is 1.50 bits per heavy atom. The van der Waals surface area contributed by atoms with Crippen molar-refractivity contribution in [3.8, 4) is 0 Å². The molecule has 0 aromatic carbocycles. The van der Waals surface area contributed by atoms with E-state index >= 15 is 0 Å². The lowest BCUT2D eigenvalue weighted by Gasteiger charge is -2.24. The first-order valence-corrected chi connectivity index (χ1v) is 6.86. The Balaban J connectivity index is 1.75. The number of likely N-dealkylation sites (tertiary alicyclic amines) is 1. The molecule has 102 valence electrons. The van der Waals surface area contributed by atoms with E-state index in [1.54, 1.807) is 4.90 Å². The Morgan fingerprint density at radius 3 is 2.83 bits per heavy atom. The lowest BCUT2D eigenvalue weighted by Crippen LogP contribution is -2.39. The van der Waals surface area contributed by atoms with E-state index < -0.39 is 0 Å². The van der Waals surface area contributed by atoms with E-state index in [4.69, 9.17) is 5.73 Å². The summed E-state index contributed by atoms with van der Waals surface area (Å²) in [5.74, 6) is 0.507. The van der Waals surface area contributed by atoms with E-state index in [-0.39, 0.29) is 23.8 Å². The summed E-state index contributed by atoms with van der Waals surface area (Å²) in [6.07, 6.45) is 4.29. The predicted octanol–water partition coefficient (Wildman–Crippen LogP) is 0.195. The largest absolute Gasteiger partial charge is 0.344 e. The second-order valence-corrected chi connectivity index (χ2v) is 5.51. The molecule has 1 heterocycles. The Labute approximate surface area is 108 Å². The van der Waals surface area contributed by atoms with Crippen molar-refractivity contribution in [2.45, 2.75) is 38.1 Å². The normalized spacial score (nSPS) is 27.9. The Hall–Kier alpha value is -1.10. The molecule has 2 fully saturated rings. The molecule has 2 atom stereocenters. The average Bonchev–Trinajstić information content (AvgIpc) is 2.94. The average molecular weight is 253 g/mol. The molecule has 1 saturated carbocycles. The Morgan fingerprint density at radius 2 is 2.28 bits per heavy atom. The fraction of sp³-hybridized carbons (Fsp3) is 0.846. The standard InChI is InChI=1S/C13H23N3O2/c1-15(7-8-16-6-2-3-12(16)17)13(18)10-4-5-11(14)9-10/h10-11H,2-9,14H2,1H3/t10-,11-/m0/s1. The summed E-state index contributed by atoms with van der Waals surface area (Å²) in [5, 5.41) is 0. The number of amides is 2. The van der Waals surface area contributed by atoms with Gasteiger partial charge in [-0.3, -0.25) is 9.59 Å². The van der Waals surface area contributed by atoms with Crippen molar-refractivity contribution in [2.75, 3.05) is 26.7 Å². The minimum atomic E-state index is 0.0966. The summed E-state index contributed by atoms with van der Waals surface area (Å²) >= 11 is 0. The van der Waals surface area contributed by atoms with Gasteiger partial charge in [0.1, 0.15) is 0 Å². The van der Waals surface area contributed by atoms with Crippen LogP contribution in [0.2, 0.25) is 0 Å². The van der Waals surface area contributed by atoms with Crippen molar-refractivity contribution >= 4 is 11.8 Å². The van der Waals surface area contributed by atoms with E-state index in [2.05, 4.69) is 0 Å². The summed E-state index contributed by atoms with van der Waals surface area (Å²) in [6.45, 7) is 2.14. The number of nitrogens with zero attached hydrogens (tertiary/aromatic N) is 2. The van der Waals surface area contributed by atoms with Crippen LogP contribution in [0.25, 0.3) is 0 Å². The smallest absolute Gasteiger partial charge is 0.225 e. The van der Waals surface area contributed by atoms with Crippen molar-refractivity contribution in [1.29, 1.82) is 0 Å². The van der Waals surface area contributed by atoms with Crippen LogP contribution in [0, 0.1) is 5.92 Å². The molecule has 0 radical (unpaired) electrons. The topological polar surface area (TPSA) is 66.6 Å². The lowest BCUT2D eigenvalue weighted by molar-refractivity contribution is -0.135. The fourth-order valence-electron chi connectivity index (χ4n) is 2.87. The highest BCUT2D eigenvalue weighted by Gasteiger charge is 2.30. The molecule has 0 unspecified atom stereocenters. The zero-order valence-electron chi connectivity index (χ0n) is 11.1. The third-order valence-corrected chi connectivity index (χ3v) is 4.08. The molecule has 2 amide bonds.